The van der Waals surface area contributed by atoms with E-state index >= 15 is 0 Å². The number of thiazole rings is 1. The highest BCUT2D eigenvalue weighted by molar-refractivity contribution is 7.22. The number of carbonyl (C=O) groups is 1. The number of hydrogen-bond donors (Lipinski definition) is 0. The summed E-state index contributed by atoms with van der Waals surface area (Å²) < 4.78 is 7.66. The standard InChI is InChI=1S/C17H14Cl2N2O2S2/c18-14-8-11(15(19)25-14)16(22)21(9-10-4-3-7-23-10)17-20-12-5-1-2-6-13(12)24-17/h1-2,5-6,8,10H,3-4,7,9H2. The van der Waals surface area contributed by atoms with Crippen LogP contribution in [0.2, 0.25) is 8.67 Å². The first kappa shape index (κ1) is 17.2. The molecule has 1 saturated heterocycles. The summed E-state index contributed by atoms with van der Waals surface area (Å²) in [5.74, 6) is -0.192. The largest absolute Gasteiger partial charge is 0.376 e. The van der Waals surface area contributed by atoms with E-state index in [1.54, 1.807) is 11.0 Å². The van der Waals surface area contributed by atoms with Crippen molar-refractivity contribution in [2.24, 2.45) is 0 Å². The van der Waals surface area contributed by atoms with Gasteiger partial charge < -0.3 is 4.74 Å². The molecule has 3 aromatic rings. The number of amides is 1. The molecule has 1 aromatic carbocycles. The van der Waals surface area contributed by atoms with Crippen molar-refractivity contribution in [3.05, 3.63) is 44.6 Å². The molecule has 1 aliphatic heterocycles. The van der Waals surface area contributed by atoms with Gasteiger partial charge in [0.15, 0.2) is 5.13 Å². The first-order chi connectivity index (χ1) is 12.1. The predicted molar refractivity (Wildman–Crippen MR) is 105 cm³/mol. The summed E-state index contributed by atoms with van der Waals surface area (Å²) in [4.78, 5) is 19.4. The summed E-state index contributed by atoms with van der Waals surface area (Å²) in [5, 5.41) is 0.653. The van der Waals surface area contributed by atoms with Crippen molar-refractivity contribution in [2.45, 2.75) is 18.9 Å². The van der Waals surface area contributed by atoms with Crippen LogP contribution in [0.3, 0.4) is 0 Å². The second-order valence-corrected chi connectivity index (χ2v) is 9.05. The van der Waals surface area contributed by atoms with Crippen molar-refractivity contribution in [3.8, 4) is 0 Å². The minimum absolute atomic E-state index is 0.0174. The van der Waals surface area contributed by atoms with Gasteiger partial charge in [-0.15, -0.1) is 11.3 Å². The molecule has 0 saturated carbocycles. The van der Waals surface area contributed by atoms with Crippen LogP contribution in [-0.2, 0) is 4.74 Å². The fraction of sp³-hybridized carbons (Fsp3) is 0.294. The number of hydrogen-bond acceptors (Lipinski definition) is 5. The summed E-state index contributed by atoms with van der Waals surface area (Å²) >= 11 is 14.9. The van der Waals surface area contributed by atoms with Crippen molar-refractivity contribution in [1.29, 1.82) is 0 Å². The highest BCUT2D eigenvalue weighted by Gasteiger charge is 2.29. The molecule has 25 heavy (non-hydrogen) atoms. The second kappa shape index (κ2) is 7.21. The molecule has 0 radical (unpaired) electrons. The third kappa shape index (κ3) is 3.55. The van der Waals surface area contributed by atoms with Crippen LogP contribution < -0.4 is 4.90 Å². The summed E-state index contributed by atoms with van der Waals surface area (Å²) in [6.45, 7) is 1.19. The molecule has 2 aromatic heterocycles. The zero-order valence-electron chi connectivity index (χ0n) is 13.1. The fourth-order valence-electron chi connectivity index (χ4n) is 2.85. The highest BCUT2D eigenvalue weighted by Crippen LogP contribution is 2.35. The van der Waals surface area contributed by atoms with E-state index in [9.17, 15) is 4.79 Å². The van der Waals surface area contributed by atoms with E-state index in [-0.39, 0.29) is 12.0 Å². The van der Waals surface area contributed by atoms with Crippen LogP contribution in [0.4, 0.5) is 5.13 Å². The minimum atomic E-state index is -0.192. The molecule has 0 aliphatic carbocycles. The number of nitrogens with zero attached hydrogens (tertiary/aromatic N) is 2. The van der Waals surface area contributed by atoms with Gasteiger partial charge in [0.05, 0.1) is 32.8 Å². The van der Waals surface area contributed by atoms with Crippen LogP contribution in [0.5, 0.6) is 0 Å². The van der Waals surface area contributed by atoms with E-state index in [1.807, 2.05) is 24.3 Å². The average Bonchev–Trinajstić information content (AvgIpc) is 3.31. The molecule has 1 fully saturated rings. The Bertz CT molecular complexity index is 885. The summed E-state index contributed by atoms with van der Waals surface area (Å²) in [6.07, 6.45) is 1.97. The second-order valence-electron chi connectivity index (χ2n) is 5.75. The van der Waals surface area contributed by atoms with E-state index < -0.39 is 0 Å². The maximum Gasteiger partial charge on any atom is 0.262 e. The van der Waals surface area contributed by atoms with E-state index in [1.165, 1.54) is 22.7 Å². The number of halogens is 2. The van der Waals surface area contributed by atoms with Crippen LogP contribution in [0, 0.1) is 0 Å². The molecule has 0 bridgehead atoms. The number of ether oxygens (including phenoxy) is 1. The first-order valence-electron chi connectivity index (χ1n) is 7.85. The number of para-hydroxylation sites is 1. The molecule has 1 amide bonds. The zero-order chi connectivity index (χ0) is 17.4. The van der Waals surface area contributed by atoms with Crippen LogP contribution in [0.1, 0.15) is 23.2 Å². The van der Waals surface area contributed by atoms with Crippen molar-refractivity contribution in [1.82, 2.24) is 4.98 Å². The quantitative estimate of drug-likeness (QED) is 0.568. The van der Waals surface area contributed by atoms with Crippen LogP contribution in [0.15, 0.2) is 30.3 Å². The topological polar surface area (TPSA) is 42.4 Å². The predicted octanol–water partition coefficient (Wildman–Crippen LogP) is 5.49. The lowest BCUT2D eigenvalue weighted by Crippen LogP contribution is -2.37. The average molecular weight is 413 g/mol. The van der Waals surface area contributed by atoms with E-state index in [2.05, 4.69) is 4.98 Å². The molecule has 4 rings (SSSR count). The lowest BCUT2D eigenvalue weighted by molar-refractivity contribution is 0.0918. The van der Waals surface area contributed by atoms with Crippen LogP contribution in [-0.4, -0.2) is 30.1 Å². The molecule has 1 aliphatic rings. The van der Waals surface area contributed by atoms with Crippen molar-refractivity contribution in [2.75, 3.05) is 18.1 Å². The van der Waals surface area contributed by atoms with Crippen molar-refractivity contribution >= 4 is 67.1 Å². The first-order valence-corrected chi connectivity index (χ1v) is 10.2. The number of benzene rings is 1. The molecule has 8 heteroatoms. The third-order valence-electron chi connectivity index (χ3n) is 4.06. The molecule has 4 nitrogen and oxygen atoms in total. The minimum Gasteiger partial charge on any atom is -0.376 e. The molecule has 130 valence electrons. The van der Waals surface area contributed by atoms with Gasteiger partial charge in [-0.1, -0.05) is 46.7 Å². The Kier molecular flexibility index (Phi) is 4.97. The smallest absolute Gasteiger partial charge is 0.262 e. The Morgan fingerprint density at radius 2 is 2.16 bits per heavy atom. The number of fused-ring (bicyclic) bond motifs is 1. The summed E-state index contributed by atoms with van der Waals surface area (Å²) in [6, 6.07) is 9.46. The lowest BCUT2D eigenvalue weighted by atomic mass is 10.2. The van der Waals surface area contributed by atoms with Crippen molar-refractivity contribution < 1.29 is 9.53 Å². The van der Waals surface area contributed by atoms with E-state index in [0.29, 0.717) is 25.9 Å². The molecular weight excluding hydrogens is 399 g/mol. The number of aromatic nitrogens is 1. The molecule has 0 spiro atoms. The van der Waals surface area contributed by atoms with Gasteiger partial charge in [0.2, 0.25) is 0 Å². The molecule has 1 atom stereocenters. The number of anilines is 1. The Labute approximate surface area is 162 Å². The summed E-state index contributed by atoms with van der Waals surface area (Å²) in [7, 11) is 0. The van der Waals surface area contributed by atoms with Crippen molar-refractivity contribution in [3.63, 3.8) is 0 Å². The number of thiophene rings is 1. The maximum absolute atomic E-state index is 13.1. The fourth-order valence-corrected chi connectivity index (χ4v) is 5.27. The molecule has 1 unspecified atom stereocenters. The third-order valence-corrected chi connectivity index (χ3v) is 6.60. The van der Waals surface area contributed by atoms with Gasteiger partial charge in [0, 0.05) is 6.61 Å². The molecular formula is C17H14Cl2N2O2S2. The monoisotopic (exact) mass is 412 g/mol. The van der Waals surface area contributed by atoms with Crippen LogP contribution in [0.25, 0.3) is 10.2 Å². The van der Waals surface area contributed by atoms with E-state index in [0.717, 1.165) is 29.7 Å². The lowest BCUT2D eigenvalue weighted by Gasteiger charge is -2.22. The van der Waals surface area contributed by atoms with Gasteiger partial charge in [-0.25, -0.2) is 4.98 Å². The van der Waals surface area contributed by atoms with Gasteiger partial charge in [0.25, 0.3) is 5.91 Å². The maximum atomic E-state index is 13.1. The van der Waals surface area contributed by atoms with Gasteiger partial charge >= 0.3 is 0 Å². The molecule has 3 heterocycles. The van der Waals surface area contributed by atoms with Gasteiger partial charge in [-0.05, 0) is 31.0 Å². The molecule has 0 N–H and O–H groups in total. The highest BCUT2D eigenvalue weighted by atomic mass is 35.5. The van der Waals surface area contributed by atoms with Gasteiger partial charge in [-0.2, -0.15) is 0 Å². The number of rotatable bonds is 4. The van der Waals surface area contributed by atoms with Crippen LogP contribution >= 0.6 is 45.9 Å². The SMILES string of the molecule is O=C(c1cc(Cl)sc1Cl)N(CC1CCCO1)c1nc2ccccc2s1. The van der Waals surface area contributed by atoms with Gasteiger partial charge in [-0.3, -0.25) is 9.69 Å². The number of carbonyl (C=O) groups excluding carboxylic acids is 1. The summed E-state index contributed by atoms with van der Waals surface area (Å²) in [5.41, 5.74) is 1.29. The zero-order valence-corrected chi connectivity index (χ0v) is 16.2. The Morgan fingerprint density at radius 1 is 1.32 bits per heavy atom. The normalized spacial score (nSPS) is 17.3. The van der Waals surface area contributed by atoms with E-state index in [4.69, 9.17) is 27.9 Å². The Balaban J connectivity index is 1.72. The Morgan fingerprint density at radius 3 is 2.84 bits per heavy atom. The van der Waals surface area contributed by atoms with Gasteiger partial charge in [0.1, 0.15) is 4.34 Å². The Hall–Kier alpha value is -1.18.